The lowest BCUT2D eigenvalue weighted by atomic mass is 9.99. The highest BCUT2D eigenvalue weighted by atomic mass is 16.3. The van der Waals surface area contributed by atoms with Gasteiger partial charge in [-0.3, -0.25) is 0 Å². The Morgan fingerprint density at radius 2 is 2.06 bits per heavy atom. The first-order chi connectivity index (χ1) is 8.17. The van der Waals surface area contributed by atoms with Gasteiger partial charge in [0, 0.05) is 10.9 Å². The van der Waals surface area contributed by atoms with Gasteiger partial charge >= 0.3 is 0 Å². The fourth-order valence-corrected chi connectivity index (χ4v) is 2.27. The summed E-state index contributed by atoms with van der Waals surface area (Å²) in [6, 6.07) is 6.55. The van der Waals surface area contributed by atoms with E-state index >= 15 is 0 Å². The number of furan rings is 1. The quantitative estimate of drug-likeness (QED) is 0.865. The van der Waals surface area contributed by atoms with Crippen LogP contribution in [0.4, 0.5) is 0 Å². The van der Waals surface area contributed by atoms with Gasteiger partial charge < -0.3 is 9.73 Å². The van der Waals surface area contributed by atoms with Crippen LogP contribution >= 0.6 is 0 Å². The summed E-state index contributed by atoms with van der Waals surface area (Å²) in [6.07, 6.45) is 1.02. The van der Waals surface area contributed by atoms with Crippen molar-refractivity contribution in [2.75, 3.05) is 7.05 Å². The molecule has 0 fully saturated rings. The van der Waals surface area contributed by atoms with Gasteiger partial charge in [0.1, 0.15) is 11.3 Å². The highest BCUT2D eigenvalue weighted by molar-refractivity contribution is 5.83. The van der Waals surface area contributed by atoms with Crippen molar-refractivity contribution in [1.29, 1.82) is 0 Å². The predicted octanol–water partition coefficient (Wildman–Crippen LogP) is 3.84. The Morgan fingerprint density at radius 1 is 1.29 bits per heavy atom. The van der Waals surface area contributed by atoms with Crippen LogP contribution in [-0.2, 0) is 13.0 Å². The fraction of sp³-hybridized carbons (Fsp3) is 0.467. The van der Waals surface area contributed by atoms with E-state index in [-0.39, 0.29) is 0 Å². The van der Waals surface area contributed by atoms with Crippen LogP contribution in [0.25, 0.3) is 11.0 Å². The first kappa shape index (κ1) is 12.2. The molecule has 2 nitrogen and oxygen atoms in total. The molecular formula is C15H21NO. The number of rotatable bonds is 4. The molecule has 17 heavy (non-hydrogen) atoms. The summed E-state index contributed by atoms with van der Waals surface area (Å²) in [5.41, 5.74) is 3.73. The number of aryl methyl sites for hydroxylation is 1. The molecule has 1 aromatic carbocycles. The average Bonchev–Trinajstić information content (AvgIpc) is 2.65. The second kappa shape index (κ2) is 4.92. The molecule has 0 spiro atoms. The zero-order chi connectivity index (χ0) is 12.4. The third-order valence-electron chi connectivity index (χ3n) is 3.26. The van der Waals surface area contributed by atoms with E-state index in [1.807, 2.05) is 7.05 Å². The van der Waals surface area contributed by atoms with Gasteiger partial charge in [0.2, 0.25) is 0 Å². The average molecular weight is 231 g/mol. The summed E-state index contributed by atoms with van der Waals surface area (Å²) in [6.45, 7) is 7.43. The molecule has 1 N–H and O–H groups in total. The van der Waals surface area contributed by atoms with Crippen LogP contribution in [0.3, 0.4) is 0 Å². The molecule has 2 aromatic rings. The van der Waals surface area contributed by atoms with Gasteiger partial charge in [0.25, 0.3) is 0 Å². The minimum absolute atomic E-state index is 0.562. The molecule has 1 aromatic heterocycles. The maximum absolute atomic E-state index is 5.90. The first-order valence-corrected chi connectivity index (χ1v) is 6.36. The predicted molar refractivity (Wildman–Crippen MR) is 72.4 cm³/mol. The van der Waals surface area contributed by atoms with Crippen molar-refractivity contribution in [1.82, 2.24) is 5.32 Å². The molecule has 0 aliphatic heterocycles. The summed E-state index contributed by atoms with van der Waals surface area (Å²) in [5, 5.41) is 4.44. The van der Waals surface area contributed by atoms with Crippen molar-refractivity contribution in [2.24, 2.45) is 0 Å². The Labute approximate surface area is 103 Å². The van der Waals surface area contributed by atoms with Gasteiger partial charge in [0.05, 0.1) is 6.54 Å². The molecule has 2 rings (SSSR count). The SMILES string of the molecule is CCc1c(CNC)oc2ccc(C(C)C)cc12. The number of hydrogen-bond acceptors (Lipinski definition) is 2. The monoisotopic (exact) mass is 231 g/mol. The Balaban J connectivity index is 2.58. The highest BCUT2D eigenvalue weighted by Gasteiger charge is 2.13. The third-order valence-corrected chi connectivity index (χ3v) is 3.26. The molecule has 0 radical (unpaired) electrons. The van der Waals surface area contributed by atoms with E-state index in [0.717, 1.165) is 24.3 Å². The smallest absolute Gasteiger partial charge is 0.134 e. The molecule has 0 saturated heterocycles. The Hall–Kier alpha value is -1.28. The maximum Gasteiger partial charge on any atom is 0.134 e. The van der Waals surface area contributed by atoms with E-state index in [9.17, 15) is 0 Å². The third kappa shape index (κ3) is 2.22. The first-order valence-electron chi connectivity index (χ1n) is 6.36. The zero-order valence-electron chi connectivity index (χ0n) is 11.1. The van der Waals surface area contributed by atoms with E-state index in [4.69, 9.17) is 4.42 Å². The lowest BCUT2D eigenvalue weighted by Crippen LogP contribution is -2.05. The van der Waals surface area contributed by atoms with Gasteiger partial charge in [-0.1, -0.05) is 26.8 Å². The normalized spacial score (nSPS) is 11.6. The van der Waals surface area contributed by atoms with Crippen LogP contribution in [0.5, 0.6) is 0 Å². The minimum Gasteiger partial charge on any atom is -0.459 e. The van der Waals surface area contributed by atoms with Gasteiger partial charge in [-0.2, -0.15) is 0 Å². The lowest BCUT2D eigenvalue weighted by Gasteiger charge is -2.04. The van der Waals surface area contributed by atoms with Crippen LogP contribution in [0, 0.1) is 0 Å². The molecular weight excluding hydrogens is 210 g/mol. The number of fused-ring (bicyclic) bond motifs is 1. The molecule has 0 saturated carbocycles. The summed E-state index contributed by atoms with van der Waals surface area (Å²) < 4.78 is 5.90. The summed E-state index contributed by atoms with van der Waals surface area (Å²) in [7, 11) is 1.95. The van der Waals surface area contributed by atoms with Gasteiger partial charge in [-0.05, 0) is 37.1 Å². The summed E-state index contributed by atoms with van der Waals surface area (Å²) in [5.74, 6) is 1.64. The second-order valence-electron chi connectivity index (χ2n) is 4.80. The maximum atomic E-state index is 5.90. The molecule has 92 valence electrons. The van der Waals surface area contributed by atoms with Crippen molar-refractivity contribution in [3.8, 4) is 0 Å². The Bertz CT molecular complexity index is 511. The standard InChI is InChI=1S/C15H21NO/c1-5-12-13-8-11(10(2)3)6-7-14(13)17-15(12)9-16-4/h6-8,10,16H,5,9H2,1-4H3. The zero-order valence-corrected chi connectivity index (χ0v) is 11.1. The van der Waals surface area contributed by atoms with Crippen LogP contribution in [-0.4, -0.2) is 7.05 Å². The molecule has 2 heteroatoms. The number of nitrogens with one attached hydrogen (secondary N) is 1. The van der Waals surface area contributed by atoms with E-state index in [0.29, 0.717) is 5.92 Å². The molecule has 0 atom stereocenters. The summed E-state index contributed by atoms with van der Waals surface area (Å²) in [4.78, 5) is 0. The lowest BCUT2D eigenvalue weighted by molar-refractivity contribution is 0.524. The van der Waals surface area contributed by atoms with E-state index in [2.05, 4.69) is 44.3 Å². The molecule has 0 aliphatic rings. The molecule has 0 aliphatic carbocycles. The van der Waals surface area contributed by atoms with E-state index < -0.39 is 0 Å². The van der Waals surface area contributed by atoms with Crippen LogP contribution in [0.1, 0.15) is 43.6 Å². The highest BCUT2D eigenvalue weighted by Crippen LogP contribution is 2.29. The number of benzene rings is 1. The topological polar surface area (TPSA) is 25.2 Å². The fourth-order valence-electron chi connectivity index (χ4n) is 2.27. The van der Waals surface area contributed by atoms with Crippen molar-refractivity contribution in [3.63, 3.8) is 0 Å². The van der Waals surface area contributed by atoms with Gasteiger partial charge in [0.15, 0.2) is 0 Å². The van der Waals surface area contributed by atoms with Crippen LogP contribution in [0.2, 0.25) is 0 Å². The molecule has 0 bridgehead atoms. The Kier molecular flexibility index (Phi) is 3.53. The molecule has 0 unspecified atom stereocenters. The van der Waals surface area contributed by atoms with Gasteiger partial charge in [-0.25, -0.2) is 0 Å². The second-order valence-corrected chi connectivity index (χ2v) is 4.80. The number of hydrogen-bond donors (Lipinski definition) is 1. The summed E-state index contributed by atoms with van der Waals surface area (Å²) >= 11 is 0. The van der Waals surface area contributed by atoms with E-state index in [1.165, 1.54) is 16.5 Å². The van der Waals surface area contributed by atoms with E-state index in [1.54, 1.807) is 0 Å². The molecule has 1 heterocycles. The van der Waals surface area contributed by atoms with Crippen molar-refractivity contribution in [3.05, 3.63) is 35.1 Å². The van der Waals surface area contributed by atoms with Crippen molar-refractivity contribution in [2.45, 2.75) is 39.7 Å². The van der Waals surface area contributed by atoms with Crippen LogP contribution < -0.4 is 5.32 Å². The minimum atomic E-state index is 0.562. The van der Waals surface area contributed by atoms with Crippen LogP contribution in [0.15, 0.2) is 22.6 Å². The Morgan fingerprint density at radius 3 is 2.65 bits per heavy atom. The van der Waals surface area contributed by atoms with Crippen molar-refractivity contribution >= 4 is 11.0 Å². The van der Waals surface area contributed by atoms with Crippen molar-refractivity contribution < 1.29 is 4.42 Å². The molecule has 0 amide bonds. The van der Waals surface area contributed by atoms with Gasteiger partial charge in [-0.15, -0.1) is 0 Å². The largest absolute Gasteiger partial charge is 0.459 e.